The van der Waals surface area contributed by atoms with Gasteiger partial charge in [0.05, 0.1) is 11.8 Å². The van der Waals surface area contributed by atoms with Gasteiger partial charge >= 0.3 is 0 Å². The molecular weight excluding hydrogens is 570 g/mol. The van der Waals surface area contributed by atoms with Crippen LogP contribution in [-0.2, 0) is 19.6 Å². The number of aryl methyl sites for hydroxylation is 1. The van der Waals surface area contributed by atoms with E-state index < -0.39 is 6.10 Å². The fraction of sp³-hybridized carbons (Fsp3) is 0.559. The molecule has 1 unspecified atom stereocenters. The van der Waals surface area contributed by atoms with Gasteiger partial charge in [0, 0.05) is 64.0 Å². The van der Waals surface area contributed by atoms with Gasteiger partial charge in [-0.25, -0.2) is 9.97 Å². The van der Waals surface area contributed by atoms with Gasteiger partial charge in [0.2, 0.25) is 0 Å². The predicted octanol–water partition coefficient (Wildman–Crippen LogP) is 3.52. The first-order chi connectivity index (χ1) is 21.9. The maximum absolute atomic E-state index is 13.3. The zero-order valence-electron chi connectivity index (χ0n) is 26.8. The van der Waals surface area contributed by atoms with Crippen LogP contribution >= 0.6 is 0 Å². The van der Waals surface area contributed by atoms with Gasteiger partial charge in [0.1, 0.15) is 24.0 Å². The van der Waals surface area contributed by atoms with Crippen LogP contribution in [-0.4, -0.2) is 95.3 Å². The second kappa shape index (κ2) is 14.2. The van der Waals surface area contributed by atoms with Crippen LogP contribution < -0.4 is 20.3 Å². The van der Waals surface area contributed by atoms with E-state index in [0.29, 0.717) is 24.8 Å². The molecule has 1 aliphatic carbocycles. The maximum Gasteiger partial charge on any atom is 0.251 e. The second-order valence-electron chi connectivity index (χ2n) is 12.6. The van der Waals surface area contributed by atoms with Crippen molar-refractivity contribution in [1.29, 1.82) is 0 Å². The van der Waals surface area contributed by atoms with Crippen molar-refractivity contribution >= 4 is 17.5 Å². The van der Waals surface area contributed by atoms with E-state index in [9.17, 15) is 9.90 Å². The smallest absolute Gasteiger partial charge is 0.251 e. The van der Waals surface area contributed by atoms with E-state index in [0.717, 1.165) is 99.5 Å². The van der Waals surface area contributed by atoms with E-state index in [2.05, 4.69) is 50.2 Å². The number of aliphatic hydroxyl groups is 1. The molecule has 11 heteroatoms. The van der Waals surface area contributed by atoms with E-state index in [1.165, 1.54) is 23.9 Å². The van der Waals surface area contributed by atoms with Crippen molar-refractivity contribution in [2.75, 3.05) is 62.6 Å². The number of aromatic nitrogens is 2. The summed E-state index contributed by atoms with van der Waals surface area (Å²) in [5, 5.41) is 17.4. The molecule has 1 aromatic carbocycles. The number of aliphatic hydroxyl groups excluding tert-OH is 1. The molecule has 3 aromatic rings. The molecule has 0 bridgehead atoms. The Labute approximate surface area is 266 Å². The van der Waals surface area contributed by atoms with Crippen molar-refractivity contribution < 1.29 is 19.1 Å². The number of nitrogens with zero attached hydrogens (tertiary/aromatic N) is 5. The molecule has 1 saturated carbocycles. The third kappa shape index (κ3) is 7.59. The zero-order valence-corrected chi connectivity index (χ0v) is 26.8. The molecule has 1 amide bonds. The van der Waals surface area contributed by atoms with Gasteiger partial charge in [0.15, 0.2) is 12.2 Å². The van der Waals surface area contributed by atoms with Gasteiger partial charge in [0.25, 0.3) is 5.91 Å². The van der Waals surface area contributed by atoms with Crippen LogP contribution in [0.25, 0.3) is 0 Å². The average Bonchev–Trinajstić information content (AvgIpc) is 3.45. The van der Waals surface area contributed by atoms with E-state index in [1.807, 2.05) is 25.1 Å². The monoisotopic (exact) mass is 617 g/mol. The maximum atomic E-state index is 13.3. The highest BCUT2D eigenvalue weighted by atomic mass is 16.5. The molecule has 242 valence electrons. The number of likely N-dealkylation sites (N-methyl/N-ethyl adjacent to an activating group) is 1. The van der Waals surface area contributed by atoms with Gasteiger partial charge in [-0.3, -0.25) is 9.69 Å². The summed E-state index contributed by atoms with van der Waals surface area (Å²) in [5.41, 5.74) is 5.11. The van der Waals surface area contributed by atoms with Crippen LogP contribution in [0.3, 0.4) is 0 Å². The van der Waals surface area contributed by atoms with Crippen molar-refractivity contribution in [3.63, 3.8) is 0 Å². The van der Waals surface area contributed by atoms with Crippen molar-refractivity contribution in [2.45, 2.75) is 71.8 Å². The lowest BCUT2D eigenvalue weighted by atomic mass is 9.93. The Kier molecular flexibility index (Phi) is 9.87. The van der Waals surface area contributed by atoms with Crippen LogP contribution in [0.15, 0.2) is 35.1 Å². The number of β-amino-alcohol motifs (C(OH)–C–C–N with tert-alkyl or cyclic N) is 1. The average molecular weight is 618 g/mol. The highest BCUT2D eigenvalue weighted by Gasteiger charge is 2.24. The number of ether oxygens (including phenoxy) is 1. The summed E-state index contributed by atoms with van der Waals surface area (Å²) in [6, 6.07) is 8.29. The zero-order chi connectivity index (χ0) is 31.3. The molecule has 11 nitrogen and oxygen atoms in total. The summed E-state index contributed by atoms with van der Waals surface area (Å²) < 4.78 is 11.5. The fourth-order valence-corrected chi connectivity index (χ4v) is 6.41. The Hall–Kier alpha value is -3.67. The number of hydrogen-bond acceptors (Lipinski definition) is 10. The van der Waals surface area contributed by atoms with Crippen molar-refractivity contribution in [2.24, 2.45) is 0 Å². The summed E-state index contributed by atoms with van der Waals surface area (Å²) in [7, 11) is 0. The number of oxazole rings is 1. The summed E-state index contributed by atoms with van der Waals surface area (Å²) >= 11 is 0. The first-order valence-electron chi connectivity index (χ1n) is 16.4. The molecule has 2 fully saturated rings. The number of nitrogens with one attached hydrogen (secondary N) is 2. The number of rotatable bonds is 12. The van der Waals surface area contributed by atoms with Crippen molar-refractivity contribution in [1.82, 2.24) is 25.1 Å². The summed E-state index contributed by atoms with van der Waals surface area (Å²) in [5.74, 6) is 3.00. The highest BCUT2D eigenvalue weighted by molar-refractivity contribution is 5.95. The lowest BCUT2D eigenvalue weighted by Crippen LogP contribution is -2.46. The third-order valence-electron chi connectivity index (χ3n) is 9.56. The minimum atomic E-state index is -0.680. The third-order valence-corrected chi connectivity index (χ3v) is 9.56. The quantitative estimate of drug-likeness (QED) is 0.279. The number of amides is 1. The Morgan fingerprint density at radius 3 is 2.67 bits per heavy atom. The van der Waals surface area contributed by atoms with E-state index in [4.69, 9.17) is 14.1 Å². The Morgan fingerprint density at radius 2 is 1.96 bits per heavy atom. The SMILES string of the molecule is CCN1CCN(c2cc(C(=O)NCC(O)CN3CCc4c(ccc(OCc5ocnc5C)c4C)C3)cc(NC3CCC3)n2)CC1. The summed E-state index contributed by atoms with van der Waals surface area (Å²) in [6.45, 7) is 13.6. The van der Waals surface area contributed by atoms with Gasteiger partial charge < -0.3 is 34.7 Å². The van der Waals surface area contributed by atoms with Crippen LogP contribution in [0.5, 0.6) is 5.75 Å². The highest BCUT2D eigenvalue weighted by Crippen LogP contribution is 2.30. The van der Waals surface area contributed by atoms with E-state index in [1.54, 1.807) is 0 Å². The molecule has 0 radical (unpaired) electrons. The van der Waals surface area contributed by atoms with Crippen LogP contribution in [0.2, 0.25) is 0 Å². The molecule has 1 atom stereocenters. The lowest BCUT2D eigenvalue weighted by Gasteiger charge is -2.35. The Bertz CT molecular complexity index is 1460. The van der Waals surface area contributed by atoms with Gasteiger partial charge in [-0.2, -0.15) is 0 Å². The summed E-state index contributed by atoms with van der Waals surface area (Å²) in [6.07, 6.45) is 5.13. The number of piperazine rings is 1. The van der Waals surface area contributed by atoms with E-state index in [-0.39, 0.29) is 12.5 Å². The number of anilines is 2. The van der Waals surface area contributed by atoms with Crippen molar-refractivity contribution in [3.05, 3.63) is 64.4 Å². The molecule has 4 heterocycles. The van der Waals surface area contributed by atoms with E-state index >= 15 is 0 Å². The standard InChI is InChI=1S/C34H47N7O4/c1-4-39-12-14-41(15-13-39)33-17-26(16-32(38-33)37-27-6-5-7-27)34(43)35-18-28(42)20-40-11-10-29-23(2)30(9-8-25(29)19-40)44-21-31-24(3)36-22-45-31/h8-9,16-17,22,27-28,42H,4-7,10-15,18-21H2,1-3H3,(H,35,43)(H,37,38). The minimum Gasteiger partial charge on any atom is -0.485 e. The molecule has 2 aromatic heterocycles. The van der Waals surface area contributed by atoms with Crippen LogP contribution in [0.4, 0.5) is 11.6 Å². The number of fused-ring (bicyclic) bond motifs is 1. The van der Waals surface area contributed by atoms with Crippen molar-refractivity contribution in [3.8, 4) is 5.75 Å². The second-order valence-corrected chi connectivity index (χ2v) is 12.6. The summed E-state index contributed by atoms with van der Waals surface area (Å²) in [4.78, 5) is 29.3. The number of carbonyl (C=O) groups excluding carboxylic acids is 1. The molecule has 2 aliphatic heterocycles. The molecule has 3 N–H and O–H groups in total. The molecular formula is C34H47N7O4. The topological polar surface area (TPSA) is 119 Å². The number of hydrogen-bond donors (Lipinski definition) is 3. The molecule has 45 heavy (non-hydrogen) atoms. The molecule has 3 aliphatic rings. The molecule has 0 spiro atoms. The van der Waals surface area contributed by atoms with Gasteiger partial charge in [-0.05, 0) is 81.0 Å². The largest absolute Gasteiger partial charge is 0.485 e. The van der Waals surface area contributed by atoms with Gasteiger partial charge in [-0.1, -0.05) is 13.0 Å². The van der Waals surface area contributed by atoms with Gasteiger partial charge in [-0.15, -0.1) is 0 Å². The molecule has 1 saturated heterocycles. The minimum absolute atomic E-state index is 0.186. The van der Waals surface area contributed by atoms with Crippen LogP contribution in [0, 0.1) is 13.8 Å². The Balaban J connectivity index is 1.03. The first kappa shape index (κ1) is 31.3. The Morgan fingerprint density at radius 1 is 1.13 bits per heavy atom. The van der Waals surface area contributed by atoms with Crippen LogP contribution in [0.1, 0.15) is 64.7 Å². The molecule has 6 rings (SSSR count). The number of pyridine rings is 1. The number of benzene rings is 1. The first-order valence-corrected chi connectivity index (χ1v) is 16.4. The number of carbonyl (C=O) groups is 1. The fourth-order valence-electron chi connectivity index (χ4n) is 6.41. The lowest BCUT2D eigenvalue weighted by molar-refractivity contribution is 0.0841. The predicted molar refractivity (Wildman–Crippen MR) is 174 cm³/mol. The normalized spacial score (nSPS) is 18.3.